The summed E-state index contributed by atoms with van der Waals surface area (Å²) in [6.07, 6.45) is -5.29. The monoisotopic (exact) mass is 466 g/mol. The lowest BCUT2D eigenvalue weighted by molar-refractivity contribution is -0.148. The summed E-state index contributed by atoms with van der Waals surface area (Å²) < 4.78 is 40.3. The van der Waals surface area contributed by atoms with Crippen molar-refractivity contribution in [3.63, 3.8) is 0 Å². The lowest BCUT2D eigenvalue weighted by Crippen LogP contribution is -2.57. The fourth-order valence-corrected chi connectivity index (χ4v) is 5.34. The number of aliphatic hydroxyl groups excluding tert-OH is 2. The standard InChI is InChI=1S/C23H21F3O7/c1-8(23(24,25)26)12-3-4-14(28)18-13(12)6-10-5-11-7-15(29)16(9(2)27)20(31)22(11,33)21(32)17(10)19(18)30/h3-4,8,10-11,28,30-31,33H,5-7H2,1-2H3/t8?,10?,11?,22-/m1/s1. The largest absolute Gasteiger partial charge is 0.508 e. The number of alkyl halides is 3. The maximum Gasteiger partial charge on any atom is 0.395 e. The van der Waals surface area contributed by atoms with E-state index in [2.05, 4.69) is 0 Å². The average molecular weight is 466 g/mol. The van der Waals surface area contributed by atoms with Gasteiger partial charge in [0.2, 0.25) is 5.78 Å². The predicted octanol–water partition coefficient (Wildman–Crippen LogP) is 3.19. The van der Waals surface area contributed by atoms with Gasteiger partial charge in [-0.15, -0.1) is 0 Å². The van der Waals surface area contributed by atoms with E-state index in [1.807, 2.05) is 0 Å². The van der Waals surface area contributed by atoms with Crippen LogP contribution in [0.1, 0.15) is 49.3 Å². The molecule has 4 atom stereocenters. The van der Waals surface area contributed by atoms with Gasteiger partial charge in [-0.3, -0.25) is 14.4 Å². The topological polar surface area (TPSA) is 132 Å². The van der Waals surface area contributed by atoms with Gasteiger partial charge >= 0.3 is 6.18 Å². The zero-order chi connectivity index (χ0) is 24.6. The highest BCUT2D eigenvalue weighted by Crippen LogP contribution is 2.53. The van der Waals surface area contributed by atoms with Crippen LogP contribution < -0.4 is 0 Å². The van der Waals surface area contributed by atoms with Crippen LogP contribution in [0.2, 0.25) is 0 Å². The van der Waals surface area contributed by atoms with Crippen LogP contribution in [0.3, 0.4) is 0 Å². The number of aliphatic hydroxyl groups is 3. The fraction of sp³-hybridized carbons (Fsp3) is 0.435. The van der Waals surface area contributed by atoms with Crippen molar-refractivity contribution in [2.45, 2.75) is 50.8 Å². The van der Waals surface area contributed by atoms with E-state index in [9.17, 15) is 48.0 Å². The Morgan fingerprint density at radius 1 is 1.15 bits per heavy atom. The Morgan fingerprint density at radius 2 is 1.79 bits per heavy atom. The number of phenolic OH excluding ortho intramolecular Hbond substituents is 1. The molecule has 1 fully saturated rings. The van der Waals surface area contributed by atoms with Gasteiger partial charge in [0.1, 0.15) is 22.8 Å². The van der Waals surface area contributed by atoms with Crippen LogP contribution in [0, 0.1) is 11.8 Å². The molecular formula is C23H21F3O7. The highest BCUT2D eigenvalue weighted by molar-refractivity contribution is 6.23. The fourth-order valence-electron chi connectivity index (χ4n) is 5.34. The van der Waals surface area contributed by atoms with Crippen molar-refractivity contribution in [1.29, 1.82) is 0 Å². The quantitative estimate of drug-likeness (QED) is 0.492. The Balaban J connectivity index is 1.93. The van der Waals surface area contributed by atoms with Crippen LogP contribution in [0.15, 0.2) is 29.0 Å². The molecule has 3 aliphatic carbocycles. The maximum atomic E-state index is 13.4. The summed E-state index contributed by atoms with van der Waals surface area (Å²) in [5.41, 5.74) is -4.18. The van der Waals surface area contributed by atoms with E-state index < -0.39 is 76.1 Å². The maximum absolute atomic E-state index is 13.4. The van der Waals surface area contributed by atoms with Gasteiger partial charge in [0.15, 0.2) is 17.2 Å². The molecule has 0 heterocycles. The summed E-state index contributed by atoms with van der Waals surface area (Å²) in [6.45, 7) is 1.94. The molecule has 7 nitrogen and oxygen atoms in total. The van der Waals surface area contributed by atoms with E-state index in [4.69, 9.17) is 0 Å². The molecule has 0 spiro atoms. The molecule has 0 radical (unpaired) electrons. The van der Waals surface area contributed by atoms with E-state index in [1.54, 1.807) is 0 Å². The van der Waals surface area contributed by atoms with Crippen molar-refractivity contribution in [1.82, 2.24) is 0 Å². The van der Waals surface area contributed by atoms with Gasteiger partial charge < -0.3 is 20.4 Å². The molecular weight excluding hydrogens is 445 g/mol. The Hall–Kier alpha value is -3.14. The van der Waals surface area contributed by atoms with Crippen molar-refractivity contribution >= 4 is 23.1 Å². The van der Waals surface area contributed by atoms with Gasteiger partial charge in [0.05, 0.1) is 11.5 Å². The number of aromatic hydroxyl groups is 1. The zero-order valence-corrected chi connectivity index (χ0v) is 17.7. The number of benzene rings is 1. The number of Topliss-reactive ketones (excluding diaryl/α,β-unsaturated/α-hetero) is 3. The summed E-state index contributed by atoms with van der Waals surface area (Å²) in [7, 11) is 0. The van der Waals surface area contributed by atoms with Crippen LogP contribution in [0.25, 0.3) is 5.76 Å². The van der Waals surface area contributed by atoms with Gasteiger partial charge in [-0.1, -0.05) is 6.07 Å². The van der Waals surface area contributed by atoms with Gasteiger partial charge in [-0.25, -0.2) is 0 Å². The number of hydrogen-bond acceptors (Lipinski definition) is 7. The first-order chi connectivity index (χ1) is 15.2. The summed E-state index contributed by atoms with van der Waals surface area (Å²) >= 11 is 0. The SMILES string of the molecule is CC(=O)C1=C(O)[C@@]2(O)C(=O)C3=C(O)c4c(O)ccc(C(C)C(F)(F)F)c4CC3CC2CC1=O. The third-order valence-electron chi connectivity index (χ3n) is 7.05. The first kappa shape index (κ1) is 23.0. The number of carbonyl (C=O) groups excluding carboxylic acids is 3. The summed E-state index contributed by atoms with van der Waals surface area (Å²) in [6, 6.07) is 2.10. The Labute approximate surface area is 185 Å². The van der Waals surface area contributed by atoms with Crippen molar-refractivity contribution in [2.24, 2.45) is 11.8 Å². The lowest BCUT2D eigenvalue weighted by atomic mass is 9.59. The summed E-state index contributed by atoms with van der Waals surface area (Å²) in [4.78, 5) is 37.6. The smallest absolute Gasteiger partial charge is 0.395 e. The number of phenols is 1. The molecule has 0 saturated heterocycles. The molecule has 0 aliphatic heterocycles. The lowest BCUT2D eigenvalue weighted by Gasteiger charge is -2.46. The van der Waals surface area contributed by atoms with Crippen LogP contribution in [-0.2, 0) is 20.8 Å². The molecule has 0 aromatic heterocycles. The van der Waals surface area contributed by atoms with Gasteiger partial charge in [-0.05, 0) is 49.8 Å². The first-order valence-electron chi connectivity index (χ1n) is 10.3. The van der Waals surface area contributed by atoms with Crippen LogP contribution in [0.5, 0.6) is 5.75 Å². The minimum atomic E-state index is -4.59. The van der Waals surface area contributed by atoms with E-state index in [-0.39, 0.29) is 35.1 Å². The molecule has 10 heteroatoms. The van der Waals surface area contributed by atoms with E-state index in [1.165, 1.54) is 0 Å². The number of hydrogen-bond donors (Lipinski definition) is 4. The molecule has 1 aromatic carbocycles. The molecule has 0 amide bonds. The summed E-state index contributed by atoms with van der Waals surface area (Å²) in [5.74, 6) is -9.08. The highest BCUT2D eigenvalue weighted by atomic mass is 19.4. The minimum Gasteiger partial charge on any atom is -0.508 e. The first-order valence-corrected chi connectivity index (χ1v) is 10.3. The molecule has 3 aliphatic rings. The predicted molar refractivity (Wildman–Crippen MR) is 107 cm³/mol. The second kappa shape index (κ2) is 7.18. The molecule has 4 rings (SSSR count). The Morgan fingerprint density at radius 3 is 2.36 bits per heavy atom. The van der Waals surface area contributed by atoms with Crippen molar-refractivity contribution in [3.05, 3.63) is 45.7 Å². The van der Waals surface area contributed by atoms with Gasteiger partial charge in [-0.2, -0.15) is 13.2 Å². The third kappa shape index (κ3) is 3.11. The van der Waals surface area contributed by atoms with Crippen molar-refractivity contribution in [3.8, 4) is 5.75 Å². The van der Waals surface area contributed by atoms with E-state index >= 15 is 0 Å². The third-order valence-corrected chi connectivity index (χ3v) is 7.05. The molecule has 1 aromatic rings. The van der Waals surface area contributed by atoms with Crippen LogP contribution in [-0.4, -0.2) is 49.6 Å². The molecule has 176 valence electrons. The number of ketones is 3. The Bertz CT molecular complexity index is 1180. The number of carbonyl (C=O) groups is 3. The van der Waals surface area contributed by atoms with Crippen molar-refractivity contribution < 1.29 is 48.0 Å². The number of halogens is 3. The average Bonchev–Trinajstić information content (AvgIpc) is 2.69. The second-order valence-corrected chi connectivity index (χ2v) is 8.89. The van der Waals surface area contributed by atoms with Crippen LogP contribution in [0.4, 0.5) is 13.2 Å². The molecule has 0 bridgehead atoms. The van der Waals surface area contributed by atoms with Gasteiger partial charge in [0.25, 0.3) is 0 Å². The summed E-state index contributed by atoms with van der Waals surface area (Å²) in [5, 5.41) is 42.9. The second-order valence-electron chi connectivity index (χ2n) is 8.89. The normalized spacial score (nSPS) is 28.3. The number of rotatable bonds is 2. The van der Waals surface area contributed by atoms with Crippen LogP contribution >= 0.6 is 0 Å². The zero-order valence-electron chi connectivity index (χ0n) is 17.7. The molecule has 1 saturated carbocycles. The number of allylic oxidation sites excluding steroid dienone is 1. The van der Waals surface area contributed by atoms with E-state index in [0.29, 0.717) is 0 Å². The molecule has 3 unspecified atom stereocenters. The Kier molecular flexibility index (Phi) is 5.01. The molecule has 33 heavy (non-hydrogen) atoms. The number of fused-ring (bicyclic) bond motifs is 3. The minimum absolute atomic E-state index is 0.0237. The molecule has 4 N–H and O–H groups in total. The highest BCUT2D eigenvalue weighted by Gasteiger charge is 2.60. The van der Waals surface area contributed by atoms with E-state index in [0.717, 1.165) is 26.0 Å². The van der Waals surface area contributed by atoms with Crippen molar-refractivity contribution in [2.75, 3.05) is 0 Å². The van der Waals surface area contributed by atoms with Gasteiger partial charge in [0, 0.05) is 17.9 Å².